The molecule has 78 valence electrons. The first kappa shape index (κ1) is 11.0. The summed E-state index contributed by atoms with van der Waals surface area (Å²) < 4.78 is 13.4. The zero-order valence-electron chi connectivity index (χ0n) is 9.02. The van der Waals surface area contributed by atoms with Gasteiger partial charge in [0.05, 0.1) is 0 Å². The summed E-state index contributed by atoms with van der Waals surface area (Å²) in [5, 5.41) is 0. The van der Waals surface area contributed by atoms with E-state index in [9.17, 15) is 4.39 Å². The SMILES string of the molecule is CCC(C)(C)[C@@H]1CC[C@H](N)[C@@H](F)C1. The van der Waals surface area contributed by atoms with Gasteiger partial charge in [0.2, 0.25) is 0 Å². The Morgan fingerprint density at radius 1 is 1.38 bits per heavy atom. The number of nitrogens with two attached hydrogens (primary N) is 1. The lowest BCUT2D eigenvalue weighted by Gasteiger charge is -2.39. The molecule has 0 bridgehead atoms. The fourth-order valence-corrected chi connectivity index (χ4v) is 2.14. The molecule has 0 aliphatic heterocycles. The van der Waals surface area contributed by atoms with Crippen LogP contribution in [0.3, 0.4) is 0 Å². The number of alkyl halides is 1. The lowest BCUT2D eigenvalue weighted by atomic mass is 9.68. The molecule has 0 amide bonds. The van der Waals surface area contributed by atoms with Gasteiger partial charge in [0.25, 0.3) is 0 Å². The lowest BCUT2D eigenvalue weighted by molar-refractivity contribution is 0.0860. The van der Waals surface area contributed by atoms with Crippen LogP contribution >= 0.6 is 0 Å². The summed E-state index contributed by atoms with van der Waals surface area (Å²) in [7, 11) is 0. The summed E-state index contributed by atoms with van der Waals surface area (Å²) >= 11 is 0. The van der Waals surface area contributed by atoms with Gasteiger partial charge in [0.15, 0.2) is 0 Å². The highest BCUT2D eigenvalue weighted by molar-refractivity contribution is 4.88. The topological polar surface area (TPSA) is 26.0 Å². The van der Waals surface area contributed by atoms with Crippen LogP contribution < -0.4 is 5.73 Å². The third-order valence-corrected chi connectivity index (χ3v) is 3.84. The van der Waals surface area contributed by atoms with Crippen LogP contribution in [0.15, 0.2) is 0 Å². The molecule has 1 aliphatic carbocycles. The summed E-state index contributed by atoms with van der Waals surface area (Å²) in [5.41, 5.74) is 5.93. The average Bonchev–Trinajstić information content (AvgIpc) is 2.09. The molecule has 1 saturated carbocycles. The van der Waals surface area contributed by atoms with Crippen molar-refractivity contribution in [1.29, 1.82) is 0 Å². The zero-order chi connectivity index (χ0) is 10.1. The standard InChI is InChI=1S/C11H22FN/c1-4-11(2,3)8-5-6-10(13)9(12)7-8/h8-10H,4-7,13H2,1-3H3/t8-,9+,10+/m1/s1. The van der Waals surface area contributed by atoms with E-state index in [0.717, 1.165) is 19.3 Å². The maximum absolute atomic E-state index is 13.4. The fraction of sp³-hybridized carbons (Fsp3) is 1.00. The quantitative estimate of drug-likeness (QED) is 0.706. The minimum absolute atomic E-state index is 0.205. The molecule has 2 N–H and O–H groups in total. The zero-order valence-corrected chi connectivity index (χ0v) is 9.02. The number of rotatable bonds is 2. The molecule has 13 heavy (non-hydrogen) atoms. The van der Waals surface area contributed by atoms with Gasteiger partial charge >= 0.3 is 0 Å². The fourth-order valence-electron chi connectivity index (χ4n) is 2.14. The molecule has 1 fully saturated rings. The Labute approximate surface area is 80.9 Å². The van der Waals surface area contributed by atoms with Crippen LogP contribution in [-0.4, -0.2) is 12.2 Å². The Bertz CT molecular complexity index is 167. The van der Waals surface area contributed by atoms with Crippen molar-refractivity contribution in [2.75, 3.05) is 0 Å². The predicted molar refractivity (Wildman–Crippen MR) is 54.3 cm³/mol. The van der Waals surface area contributed by atoms with Crippen LogP contribution in [0.2, 0.25) is 0 Å². The minimum atomic E-state index is -0.774. The van der Waals surface area contributed by atoms with E-state index in [2.05, 4.69) is 20.8 Å². The Hall–Kier alpha value is -0.110. The molecule has 1 nitrogen and oxygen atoms in total. The second-order valence-electron chi connectivity index (χ2n) is 5.03. The van der Waals surface area contributed by atoms with Gasteiger partial charge in [-0.25, -0.2) is 4.39 Å². The molecule has 0 saturated heterocycles. The van der Waals surface area contributed by atoms with E-state index < -0.39 is 6.17 Å². The molecule has 1 rings (SSSR count). The molecule has 0 aromatic rings. The highest BCUT2D eigenvalue weighted by Gasteiger charge is 2.35. The van der Waals surface area contributed by atoms with E-state index in [1.165, 1.54) is 0 Å². The van der Waals surface area contributed by atoms with E-state index in [4.69, 9.17) is 5.73 Å². The predicted octanol–water partition coefficient (Wildman–Crippen LogP) is 2.89. The molecule has 3 atom stereocenters. The first-order chi connectivity index (χ1) is 5.97. The van der Waals surface area contributed by atoms with Crippen molar-refractivity contribution in [2.24, 2.45) is 17.1 Å². The van der Waals surface area contributed by atoms with Crippen LogP contribution in [0.4, 0.5) is 4.39 Å². The van der Waals surface area contributed by atoms with Crippen LogP contribution in [-0.2, 0) is 0 Å². The van der Waals surface area contributed by atoms with Gasteiger partial charge < -0.3 is 5.73 Å². The third-order valence-electron chi connectivity index (χ3n) is 3.84. The number of hydrogen-bond donors (Lipinski definition) is 1. The average molecular weight is 187 g/mol. The van der Waals surface area contributed by atoms with E-state index in [1.807, 2.05) is 0 Å². The molecule has 0 spiro atoms. The van der Waals surface area contributed by atoms with Gasteiger partial charge in [-0.1, -0.05) is 27.2 Å². The van der Waals surface area contributed by atoms with Crippen LogP contribution in [0.5, 0.6) is 0 Å². The third kappa shape index (κ3) is 2.43. The molecule has 2 heteroatoms. The minimum Gasteiger partial charge on any atom is -0.325 e. The molecular weight excluding hydrogens is 165 g/mol. The largest absolute Gasteiger partial charge is 0.325 e. The molecule has 0 aromatic carbocycles. The second kappa shape index (κ2) is 3.95. The van der Waals surface area contributed by atoms with Crippen molar-refractivity contribution in [3.8, 4) is 0 Å². The summed E-state index contributed by atoms with van der Waals surface area (Å²) in [6.45, 7) is 6.66. The Morgan fingerprint density at radius 2 is 2.00 bits per heavy atom. The van der Waals surface area contributed by atoms with Crippen molar-refractivity contribution in [1.82, 2.24) is 0 Å². The van der Waals surface area contributed by atoms with Gasteiger partial charge in [-0.2, -0.15) is 0 Å². The summed E-state index contributed by atoms with van der Waals surface area (Å²) in [4.78, 5) is 0. The van der Waals surface area contributed by atoms with Crippen molar-refractivity contribution in [2.45, 2.75) is 58.7 Å². The molecule has 0 radical (unpaired) electrons. The maximum atomic E-state index is 13.4. The van der Waals surface area contributed by atoms with Crippen LogP contribution in [0.1, 0.15) is 46.5 Å². The van der Waals surface area contributed by atoms with Gasteiger partial charge in [-0.05, 0) is 30.6 Å². The highest BCUT2D eigenvalue weighted by Crippen LogP contribution is 2.40. The smallest absolute Gasteiger partial charge is 0.115 e. The number of hydrogen-bond acceptors (Lipinski definition) is 1. The first-order valence-electron chi connectivity index (χ1n) is 5.37. The Kier molecular flexibility index (Phi) is 3.33. The Morgan fingerprint density at radius 3 is 2.46 bits per heavy atom. The van der Waals surface area contributed by atoms with Gasteiger partial charge in [0, 0.05) is 6.04 Å². The Balaban J connectivity index is 2.55. The summed E-state index contributed by atoms with van der Waals surface area (Å²) in [6, 6.07) is -0.205. The van der Waals surface area contributed by atoms with Gasteiger partial charge in [-0.15, -0.1) is 0 Å². The van der Waals surface area contributed by atoms with Crippen molar-refractivity contribution in [3.63, 3.8) is 0 Å². The molecule has 0 unspecified atom stereocenters. The van der Waals surface area contributed by atoms with E-state index in [-0.39, 0.29) is 11.5 Å². The number of halogens is 1. The van der Waals surface area contributed by atoms with E-state index in [1.54, 1.807) is 0 Å². The molecule has 1 aliphatic rings. The molecular formula is C11H22FN. The van der Waals surface area contributed by atoms with Crippen molar-refractivity contribution < 1.29 is 4.39 Å². The van der Waals surface area contributed by atoms with Crippen LogP contribution in [0, 0.1) is 11.3 Å². The van der Waals surface area contributed by atoms with E-state index in [0.29, 0.717) is 12.3 Å². The first-order valence-corrected chi connectivity index (χ1v) is 5.37. The summed E-state index contributed by atoms with van der Waals surface area (Å²) in [5.74, 6) is 0.521. The van der Waals surface area contributed by atoms with Crippen LogP contribution in [0.25, 0.3) is 0 Å². The highest BCUT2D eigenvalue weighted by atomic mass is 19.1. The normalized spacial score (nSPS) is 36.2. The summed E-state index contributed by atoms with van der Waals surface area (Å²) in [6.07, 6.45) is 2.98. The lowest BCUT2D eigenvalue weighted by Crippen LogP contribution is -2.41. The van der Waals surface area contributed by atoms with Gasteiger partial charge in [-0.3, -0.25) is 0 Å². The van der Waals surface area contributed by atoms with E-state index >= 15 is 0 Å². The molecule has 0 heterocycles. The monoisotopic (exact) mass is 187 g/mol. The van der Waals surface area contributed by atoms with Gasteiger partial charge in [0.1, 0.15) is 6.17 Å². The maximum Gasteiger partial charge on any atom is 0.115 e. The second-order valence-corrected chi connectivity index (χ2v) is 5.03. The molecule has 0 aromatic heterocycles. The van der Waals surface area contributed by atoms with Crippen molar-refractivity contribution in [3.05, 3.63) is 0 Å². The van der Waals surface area contributed by atoms with Crippen molar-refractivity contribution >= 4 is 0 Å².